The number of anilines is 1. The zero-order valence-electron chi connectivity index (χ0n) is 22.8. The van der Waals surface area contributed by atoms with Gasteiger partial charge in [0.15, 0.2) is 0 Å². The number of amides is 2. The molecule has 2 amide bonds. The van der Waals surface area contributed by atoms with Crippen LogP contribution in [0.1, 0.15) is 48.9 Å². The van der Waals surface area contributed by atoms with Gasteiger partial charge >= 0.3 is 0 Å². The van der Waals surface area contributed by atoms with E-state index in [1.165, 1.54) is 48.4 Å². The third-order valence-corrected chi connectivity index (χ3v) is 7.34. The van der Waals surface area contributed by atoms with E-state index >= 15 is 0 Å². The molecular formula is C33H37N5O2. The first kappa shape index (κ1) is 27.3. The fourth-order valence-electron chi connectivity index (χ4n) is 5.01. The van der Waals surface area contributed by atoms with Gasteiger partial charge in [0.1, 0.15) is 6.54 Å². The monoisotopic (exact) mass is 535 g/mol. The van der Waals surface area contributed by atoms with Crippen molar-refractivity contribution in [2.24, 2.45) is 11.7 Å². The Labute approximate surface area is 235 Å². The molecule has 2 heterocycles. The van der Waals surface area contributed by atoms with Gasteiger partial charge in [-0.1, -0.05) is 73.2 Å². The lowest BCUT2D eigenvalue weighted by Crippen LogP contribution is -2.39. The van der Waals surface area contributed by atoms with Gasteiger partial charge in [-0.25, -0.2) is 0 Å². The maximum atomic E-state index is 12.0. The topological polar surface area (TPSA) is 95.3 Å². The average Bonchev–Trinajstić information content (AvgIpc) is 3.76. The summed E-state index contributed by atoms with van der Waals surface area (Å²) in [6.45, 7) is 3.52. The van der Waals surface area contributed by atoms with E-state index in [0.29, 0.717) is 0 Å². The van der Waals surface area contributed by atoms with E-state index in [-0.39, 0.29) is 18.4 Å². The number of hydrogen-bond acceptors (Lipinski definition) is 4. The summed E-state index contributed by atoms with van der Waals surface area (Å²) in [5.74, 6) is -0.401. The highest BCUT2D eigenvalue weighted by molar-refractivity contribution is 6.00. The number of hydrogen-bond donors (Lipinski definition) is 2. The van der Waals surface area contributed by atoms with Crippen LogP contribution in [0.2, 0.25) is 0 Å². The summed E-state index contributed by atoms with van der Waals surface area (Å²) in [4.78, 5) is 27.0. The number of carbonyl (C=O) groups excluding carboxylic acids is 2. The number of primary amides is 1. The SMILES string of the molecule is C(=C\c1n[nH]c2ccccc12)/c1ccc(CN2CCCCC2)cc1.NC(=O)CN(C(=O)C1CC1)c1ccccc1. The van der Waals surface area contributed by atoms with E-state index < -0.39 is 5.91 Å². The lowest BCUT2D eigenvalue weighted by atomic mass is 10.1. The molecule has 2 aliphatic rings. The maximum absolute atomic E-state index is 12.0. The molecule has 1 aromatic heterocycles. The van der Waals surface area contributed by atoms with Crippen LogP contribution in [0.3, 0.4) is 0 Å². The number of benzene rings is 3. The molecule has 0 radical (unpaired) electrons. The number of likely N-dealkylation sites (tertiary alicyclic amines) is 1. The number of carbonyl (C=O) groups is 2. The molecule has 7 heteroatoms. The molecule has 3 N–H and O–H groups in total. The van der Waals surface area contributed by atoms with E-state index in [4.69, 9.17) is 5.73 Å². The van der Waals surface area contributed by atoms with Crippen molar-refractivity contribution in [3.8, 4) is 0 Å². The number of aromatic nitrogens is 2. The fourth-order valence-corrected chi connectivity index (χ4v) is 5.01. The van der Waals surface area contributed by atoms with Gasteiger partial charge in [0.05, 0.1) is 11.2 Å². The average molecular weight is 536 g/mol. The second kappa shape index (κ2) is 13.2. The number of fused-ring (bicyclic) bond motifs is 1. The molecule has 0 unspecified atom stereocenters. The van der Waals surface area contributed by atoms with E-state index in [9.17, 15) is 9.59 Å². The number of piperidine rings is 1. The third-order valence-electron chi connectivity index (χ3n) is 7.34. The molecule has 3 aromatic carbocycles. The molecule has 2 fully saturated rings. The first-order chi connectivity index (χ1) is 19.6. The lowest BCUT2D eigenvalue weighted by molar-refractivity contribution is -0.123. The van der Waals surface area contributed by atoms with E-state index in [0.717, 1.165) is 41.7 Å². The molecule has 7 nitrogen and oxygen atoms in total. The normalized spacial score (nSPS) is 15.5. The van der Waals surface area contributed by atoms with Gasteiger partial charge < -0.3 is 10.6 Å². The smallest absolute Gasteiger partial charge is 0.237 e. The van der Waals surface area contributed by atoms with Crippen molar-refractivity contribution >= 4 is 40.6 Å². The van der Waals surface area contributed by atoms with Crippen molar-refractivity contribution < 1.29 is 9.59 Å². The maximum Gasteiger partial charge on any atom is 0.237 e. The van der Waals surface area contributed by atoms with Crippen LogP contribution in [0.5, 0.6) is 0 Å². The van der Waals surface area contributed by atoms with Crippen molar-refractivity contribution in [3.05, 3.63) is 95.7 Å². The summed E-state index contributed by atoms with van der Waals surface area (Å²) in [5.41, 5.74) is 10.6. The van der Waals surface area contributed by atoms with Gasteiger partial charge in [-0.05, 0) is 74.2 Å². The second-order valence-electron chi connectivity index (χ2n) is 10.6. The van der Waals surface area contributed by atoms with Crippen LogP contribution in [0.25, 0.3) is 23.1 Å². The molecular weight excluding hydrogens is 498 g/mol. The number of rotatable bonds is 8. The summed E-state index contributed by atoms with van der Waals surface area (Å²) < 4.78 is 0. The fraction of sp³-hybridized carbons (Fsp3) is 0.303. The number of nitrogens with two attached hydrogens (primary N) is 1. The van der Waals surface area contributed by atoms with Gasteiger partial charge in [-0.2, -0.15) is 5.10 Å². The van der Waals surface area contributed by atoms with Gasteiger partial charge in [0.2, 0.25) is 11.8 Å². The van der Waals surface area contributed by atoms with Crippen molar-refractivity contribution in [2.75, 3.05) is 24.5 Å². The van der Waals surface area contributed by atoms with Gasteiger partial charge in [-0.15, -0.1) is 0 Å². The van der Waals surface area contributed by atoms with Crippen molar-refractivity contribution in [1.29, 1.82) is 0 Å². The Balaban J connectivity index is 0.000000176. The van der Waals surface area contributed by atoms with E-state index in [1.54, 1.807) is 0 Å². The summed E-state index contributed by atoms with van der Waals surface area (Å²) in [7, 11) is 0. The van der Waals surface area contributed by atoms with Gasteiger partial charge in [0, 0.05) is 23.5 Å². The Kier molecular flexibility index (Phi) is 9.04. The van der Waals surface area contributed by atoms with Crippen LogP contribution in [0.15, 0.2) is 78.9 Å². The Morgan fingerprint density at radius 2 is 1.60 bits per heavy atom. The zero-order valence-corrected chi connectivity index (χ0v) is 22.8. The number of para-hydroxylation sites is 2. The van der Waals surface area contributed by atoms with Crippen molar-refractivity contribution in [2.45, 2.75) is 38.6 Å². The Bertz CT molecular complexity index is 1430. The molecule has 1 saturated carbocycles. The minimum atomic E-state index is -0.488. The predicted molar refractivity (Wildman–Crippen MR) is 161 cm³/mol. The third kappa shape index (κ3) is 7.45. The molecule has 0 bridgehead atoms. The van der Waals surface area contributed by atoms with Crippen LogP contribution >= 0.6 is 0 Å². The predicted octanol–water partition coefficient (Wildman–Crippen LogP) is 5.63. The lowest BCUT2D eigenvalue weighted by Gasteiger charge is -2.26. The highest BCUT2D eigenvalue weighted by Crippen LogP contribution is 2.32. The molecule has 206 valence electrons. The molecule has 0 spiro atoms. The molecule has 1 saturated heterocycles. The Hall–Kier alpha value is -4.23. The molecule has 6 rings (SSSR count). The number of nitrogens with zero attached hydrogens (tertiary/aromatic N) is 3. The highest BCUT2D eigenvalue weighted by atomic mass is 16.2. The Morgan fingerprint density at radius 3 is 2.30 bits per heavy atom. The number of H-pyrrole nitrogens is 1. The highest BCUT2D eigenvalue weighted by Gasteiger charge is 2.34. The summed E-state index contributed by atoms with van der Waals surface area (Å²) >= 11 is 0. The first-order valence-electron chi connectivity index (χ1n) is 14.1. The molecule has 40 heavy (non-hydrogen) atoms. The van der Waals surface area contributed by atoms with Crippen molar-refractivity contribution in [1.82, 2.24) is 15.1 Å². The van der Waals surface area contributed by atoms with Crippen LogP contribution in [0.4, 0.5) is 5.69 Å². The molecule has 4 aromatic rings. The quantitative estimate of drug-likeness (QED) is 0.306. The standard InChI is InChI=1S/C21H23N3.C12H14N2O2/c1-4-14-24(15-5-1)16-18-10-8-17(9-11-18)12-13-21-19-6-2-3-7-20(19)22-23-21;13-11(15)8-14(12(16)9-6-7-9)10-4-2-1-3-5-10/h2-3,6-13H,1,4-5,14-16H2,(H,22,23);1-5,9H,6-8H2,(H2,13,15)/b13-12+;. The van der Waals surface area contributed by atoms with Gasteiger partial charge in [0.25, 0.3) is 0 Å². The number of nitrogens with one attached hydrogen (secondary N) is 1. The molecule has 1 aliphatic carbocycles. The summed E-state index contributed by atoms with van der Waals surface area (Å²) in [5, 5.41) is 8.62. The minimum absolute atomic E-state index is 0.00463. The second-order valence-corrected chi connectivity index (χ2v) is 10.6. The summed E-state index contributed by atoms with van der Waals surface area (Å²) in [6.07, 6.45) is 10.1. The van der Waals surface area contributed by atoms with Crippen LogP contribution in [-0.4, -0.2) is 46.5 Å². The van der Waals surface area contributed by atoms with E-state index in [2.05, 4.69) is 63.6 Å². The van der Waals surface area contributed by atoms with E-state index in [1.807, 2.05) is 42.5 Å². The van der Waals surface area contributed by atoms with Crippen LogP contribution in [-0.2, 0) is 16.1 Å². The number of aromatic amines is 1. The largest absolute Gasteiger partial charge is 0.368 e. The zero-order chi connectivity index (χ0) is 27.7. The first-order valence-corrected chi connectivity index (χ1v) is 14.1. The van der Waals surface area contributed by atoms with Crippen molar-refractivity contribution in [3.63, 3.8) is 0 Å². The van der Waals surface area contributed by atoms with Crippen LogP contribution in [0, 0.1) is 5.92 Å². The molecule has 0 atom stereocenters. The minimum Gasteiger partial charge on any atom is -0.368 e. The van der Waals surface area contributed by atoms with Crippen LogP contribution < -0.4 is 10.6 Å². The molecule has 1 aliphatic heterocycles. The Morgan fingerprint density at radius 1 is 0.900 bits per heavy atom. The summed E-state index contributed by atoms with van der Waals surface area (Å²) in [6, 6.07) is 26.3. The van der Waals surface area contributed by atoms with Gasteiger partial charge in [-0.3, -0.25) is 19.6 Å².